The largest absolute Gasteiger partial charge is 0.303 e. The maximum atomic E-state index is 14.0. The molecule has 6 heteroatoms. The SMILES string of the molecule is CN(C[C@H](CCN1CCC(c2ccccc2)CC1)c1cccc(F)c1)S(=O)(=O)c1ccccc1. The average Bonchev–Trinajstić information content (AvgIpc) is 2.87. The minimum Gasteiger partial charge on any atom is -0.303 e. The van der Waals surface area contributed by atoms with Crippen molar-refractivity contribution in [1.82, 2.24) is 9.21 Å². The molecule has 4 nitrogen and oxygen atoms in total. The van der Waals surface area contributed by atoms with Gasteiger partial charge in [0.1, 0.15) is 5.82 Å². The van der Waals surface area contributed by atoms with Gasteiger partial charge in [0.05, 0.1) is 4.90 Å². The topological polar surface area (TPSA) is 40.6 Å². The second-order valence-electron chi connectivity index (χ2n) is 9.17. The van der Waals surface area contributed by atoms with E-state index in [2.05, 4.69) is 35.2 Å². The Morgan fingerprint density at radius 3 is 2.24 bits per heavy atom. The third-order valence-corrected chi connectivity index (χ3v) is 8.74. The summed E-state index contributed by atoms with van der Waals surface area (Å²) < 4.78 is 41.6. The summed E-state index contributed by atoms with van der Waals surface area (Å²) >= 11 is 0. The van der Waals surface area contributed by atoms with Gasteiger partial charge in [-0.05, 0) is 86.1 Å². The van der Waals surface area contributed by atoms with Gasteiger partial charge < -0.3 is 4.90 Å². The molecule has 1 aliphatic heterocycles. The first-order valence-electron chi connectivity index (χ1n) is 12.0. The van der Waals surface area contributed by atoms with Gasteiger partial charge in [0.2, 0.25) is 10.0 Å². The Morgan fingerprint density at radius 1 is 0.941 bits per heavy atom. The van der Waals surface area contributed by atoms with Crippen LogP contribution < -0.4 is 0 Å². The summed E-state index contributed by atoms with van der Waals surface area (Å²) in [6.45, 7) is 3.21. The molecule has 34 heavy (non-hydrogen) atoms. The van der Waals surface area contributed by atoms with E-state index in [1.54, 1.807) is 43.4 Å². The van der Waals surface area contributed by atoms with Gasteiger partial charge in [0.25, 0.3) is 0 Å². The van der Waals surface area contributed by atoms with Crippen molar-refractivity contribution < 1.29 is 12.8 Å². The predicted octanol–water partition coefficient (Wildman–Crippen LogP) is 5.50. The lowest BCUT2D eigenvalue weighted by molar-refractivity contribution is 0.203. The lowest BCUT2D eigenvalue weighted by Gasteiger charge is -2.33. The molecule has 0 radical (unpaired) electrons. The highest BCUT2D eigenvalue weighted by Crippen LogP contribution is 2.29. The maximum absolute atomic E-state index is 14.0. The normalized spacial score (nSPS) is 16.6. The average molecular weight is 481 g/mol. The molecule has 1 aliphatic rings. The summed E-state index contributed by atoms with van der Waals surface area (Å²) in [4.78, 5) is 2.73. The number of likely N-dealkylation sites (N-methyl/N-ethyl adjacent to an activating group) is 1. The third kappa shape index (κ3) is 6.12. The van der Waals surface area contributed by atoms with Crippen LogP contribution in [-0.2, 0) is 10.0 Å². The summed E-state index contributed by atoms with van der Waals surface area (Å²) in [5.74, 6) is 0.212. The maximum Gasteiger partial charge on any atom is 0.242 e. The molecular formula is C28H33FN2O2S. The van der Waals surface area contributed by atoms with E-state index < -0.39 is 10.0 Å². The Labute approximate surface area is 203 Å². The number of piperidine rings is 1. The molecule has 0 spiro atoms. The highest BCUT2D eigenvalue weighted by Gasteiger charge is 2.26. The number of sulfonamides is 1. The number of hydrogen-bond donors (Lipinski definition) is 0. The monoisotopic (exact) mass is 480 g/mol. The fourth-order valence-corrected chi connectivity index (χ4v) is 6.10. The van der Waals surface area contributed by atoms with E-state index in [0.29, 0.717) is 12.5 Å². The van der Waals surface area contributed by atoms with E-state index in [9.17, 15) is 12.8 Å². The summed E-state index contributed by atoms with van der Waals surface area (Å²) in [5, 5.41) is 0. The van der Waals surface area contributed by atoms with Gasteiger partial charge in [0.15, 0.2) is 0 Å². The van der Waals surface area contributed by atoms with Crippen LogP contribution in [-0.4, -0.2) is 50.8 Å². The molecule has 1 atom stereocenters. The van der Waals surface area contributed by atoms with Crippen molar-refractivity contribution in [2.75, 3.05) is 33.2 Å². The minimum atomic E-state index is -3.61. The zero-order valence-electron chi connectivity index (χ0n) is 19.7. The fraction of sp³-hybridized carbons (Fsp3) is 0.357. The number of halogens is 1. The summed E-state index contributed by atoms with van der Waals surface area (Å²) in [5.41, 5.74) is 2.25. The van der Waals surface area contributed by atoms with Crippen LogP contribution in [0.1, 0.15) is 42.2 Å². The lowest BCUT2D eigenvalue weighted by atomic mass is 9.89. The molecule has 1 fully saturated rings. The van der Waals surface area contributed by atoms with Crippen molar-refractivity contribution in [2.45, 2.75) is 36.0 Å². The van der Waals surface area contributed by atoms with Crippen molar-refractivity contribution in [3.8, 4) is 0 Å². The van der Waals surface area contributed by atoms with Crippen molar-refractivity contribution in [2.24, 2.45) is 0 Å². The predicted molar refractivity (Wildman–Crippen MR) is 135 cm³/mol. The van der Waals surface area contributed by atoms with Crippen LogP contribution in [0.4, 0.5) is 4.39 Å². The molecule has 0 aliphatic carbocycles. The Bertz CT molecular complexity index is 1150. The fourth-order valence-electron chi connectivity index (χ4n) is 4.86. The first-order chi connectivity index (χ1) is 16.4. The molecule has 180 valence electrons. The zero-order valence-corrected chi connectivity index (χ0v) is 20.5. The van der Waals surface area contributed by atoms with Gasteiger partial charge in [0, 0.05) is 13.6 Å². The molecule has 0 N–H and O–H groups in total. The molecule has 1 saturated heterocycles. The molecule has 0 aromatic heterocycles. The van der Waals surface area contributed by atoms with E-state index in [1.165, 1.54) is 22.0 Å². The Kier molecular flexibility index (Phi) is 8.14. The molecule has 4 rings (SSSR count). The Balaban J connectivity index is 1.42. The van der Waals surface area contributed by atoms with Crippen LogP contribution in [0, 0.1) is 5.82 Å². The standard InChI is InChI=1S/C28H33FN2O2S/c1-30(34(32,33)28-13-6-3-7-14-28)22-26(25-11-8-12-27(29)21-25)17-20-31-18-15-24(16-19-31)23-9-4-2-5-10-23/h2-14,21,24,26H,15-20,22H2,1H3/t26-/m0/s1. The number of benzene rings is 3. The van der Waals surface area contributed by atoms with Gasteiger partial charge in [-0.15, -0.1) is 0 Å². The van der Waals surface area contributed by atoms with E-state index in [4.69, 9.17) is 0 Å². The second kappa shape index (κ2) is 11.3. The smallest absolute Gasteiger partial charge is 0.242 e. The number of rotatable bonds is 9. The number of likely N-dealkylation sites (tertiary alicyclic amines) is 1. The second-order valence-corrected chi connectivity index (χ2v) is 11.2. The minimum absolute atomic E-state index is 0.0916. The highest BCUT2D eigenvalue weighted by molar-refractivity contribution is 7.89. The zero-order chi connectivity index (χ0) is 24.0. The van der Waals surface area contributed by atoms with Gasteiger partial charge in [-0.1, -0.05) is 60.7 Å². The number of nitrogens with zero attached hydrogens (tertiary/aromatic N) is 2. The third-order valence-electron chi connectivity index (χ3n) is 6.90. The van der Waals surface area contributed by atoms with E-state index in [1.807, 2.05) is 6.07 Å². The number of hydrogen-bond acceptors (Lipinski definition) is 3. The van der Waals surface area contributed by atoms with Crippen LogP contribution in [0.2, 0.25) is 0 Å². The summed E-state index contributed by atoms with van der Waals surface area (Å²) in [6.07, 6.45) is 3.02. The first-order valence-corrected chi connectivity index (χ1v) is 13.4. The van der Waals surface area contributed by atoms with Crippen LogP contribution in [0.25, 0.3) is 0 Å². The molecule has 1 heterocycles. The van der Waals surface area contributed by atoms with Crippen molar-refractivity contribution in [3.63, 3.8) is 0 Å². The summed E-state index contributed by atoms with van der Waals surface area (Å²) in [6, 6.07) is 25.7. The Morgan fingerprint density at radius 2 is 1.59 bits per heavy atom. The molecule has 0 saturated carbocycles. The molecular weight excluding hydrogens is 447 g/mol. The quantitative estimate of drug-likeness (QED) is 0.406. The Hall–Kier alpha value is -2.54. The van der Waals surface area contributed by atoms with Crippen LogP contribution in [0.3, 0.4) is 0 Å². The van der Waals surface area contributed by atoms with Gasteiger partial charge in [-0.3, -0.25) is 0 Å². The van der Waals surface area contributed by atoms with Crippen LogP contribution in [0.5, 0.6) is 0 Å². The van der Waals surface area contributed by atoms with E-state index >= 15 is 0 Å². The van der Waals surface area contributed by atoms with Crippen LogP contribution in [0.15, 0.2) is 89.8 Å². The van der Waals surface area contributed by atoms with Gasteiger partial charge in [-0.25, -0.2) is 17.1 Å². The van der Waals surface area contributed by atoms with Gasteiger partial charge >= 0.3 is 0 Å². The molecule has 3 aromatic rings. The van der Waals surface area contributed by atoms with E-state index in [0.717, 1.165) is 44.5 Å². The summed E-state index contributed by atoms with van der Waals surface area (Å²) in [7, 11) is -2.00. The van der Waals surface area contributed by atoms with E-state index in [-0.39, 0.29) is 16.6 Å². The molecule has 0 amide bonds. The van der Waals surface area contributed by atoms with Crippen molar-refractivity contribution in [1.29, 1.82) is 0 Å². The van der Waals surface area contributed by atoms with Crippen molar-refractivity contribution in [3.05, 3.63) is 102 Å². The highest BCUT2D eigenvalue weighted by atomic mass is 32.2. The van der Waals surface area contributed by atoms with Gasteiger partial charge in [-0.2, -0.15) is 0 Å². The molecule has 3 aromatic carbocycles. The molecule has 0 unspecified atom stereocenters. The first kappa shape index (κ1) is 24.6. The molecule has 0 bridgehead atoms. The van der Waals surface area contributed by atoms with Crippen molar-refractivity contribution >= 4 is 10.0 Å². The lowest BCUT2D eigenvalue weighted by Crippen LogP contribution is -2.36. The van der Waals surface area contributed by atoms with Crippen LogP contribution >= 0.6 is 0 Å².